The lowest BCUT2D eigenvalue weighted by Crippen LogP contribution is -1.96. The van der Waals surface area contributed by atoms with Crippen molar-refractivity contribution in [3.63, 3.8) is 0 Å². The second-order valence-electron chi connectivity index (χ2n) is 3.71. The van der Waals surface area contributed by atoms with Gasteiger partial charge in [-0.15, -0.1) is 0 Å². The largest absolute Gasteiger partial charge is 0.493 e. The van der Waals surface area contributed by atoms with Crippen LogP contribution >= 0.6 is 0 Å². The van der Waals surface area contributed by atoms with Crippen LogP contribution in [0.25, 0.3) is 0 Å². The van der Waals surface area contributed by atoms with Gasteiger partial charge in [-0.25, -0.2) is 0 Å². The van der Waals surface area contributed by atoms with Gasteiger partial charge in [0.15, 0.2) is 0 Å². The number of hydrogen-bond acceptors (Lipinski definition) is 2. The number of ether oxygens (including phenoxy) is 1. The maximum absolute atomic E-state index is 10.9. The molecule has 0 N–H and O–H groups in total. The number of carbonyl (C=O) groups excluding carboxylic acids is 1. The number of aryl methyl sites for hydroxylation is 1. The molecule has 2 heteroatoms. The van der Waals surface area contributed by atoms with Gasteiger partial charge in [-0.3, -0.25) is 0 Å². The standard InChI is InChI=1S/C12H14O2/c1-9(13)5-6-10-3-2-4-11-7-8-14-12(10)11/h2-4H,5-8H2,1H3. The van der Waals surface area contributed by atoms with Crippen LogP contribution in [-0.4, -0.2) is 12.4 Å². The molecule has 0 saturated heterocycles. The Hall–Kier alpha value is -1.31. The highest BCUT2D eigenvalue weighted by Gasteiger charge is 2.15. The number of hydrogen-bond donors (Lipinski definition) is 0. The van der Waals surface area contributed by atoms with Crippen LogP contribution in [0.2, 0.25) is 0 Å². The van der Waals surface area contributed by atoms with E-state index < -0.39 is 0 Å². The second-order valence-corrected chi connectivity index (χ2v) is 3.71. The molecule has 0 amide bonds. The molecule has 0 aliphatic carbocycles. The zero-order valence-corrected chi connectivity index (χ0v) is 8.38. The van der Waals surface area contributed by atoms with E-state index in [0.29, 0.717) is 6.42 Å². The number of para-hydroxylation sites is 1. The minimum absolute atomic E-state index is 0.237. The van der Waals surface area contributed by atoms with Crippen molar-refractivity contribution in [2.24, 2.45) is 0 Å². The monoisotopic (exact) mass is 190 g/mol. The summed E-state index contributed by atoms with van der Waals surface area (Å²) < 4.78 is 5.55. The minimum Gasteiger partial charge on any atom is -0.493 e. The fourth-order valence-electron chi connectivity index (χ4n) is 1.79. The van der Waals surface area contributed by atoms with Crippen molar-refractivity contribution >= 4 is 5.78 Å². The van der Waals surface area contributed by atoms with Crippen LogP contribution in [0.4, 0.5) is 0 Å². The molecule has 2 nitrogen and oxygen atoms in total. The van der Waals surface area contributed by atoms with Gasteiger partial charge < -0.3 is 9.53 Å². The molecule has 0 unspecified atom stereocenters. The first-order valence-corrected chi connectivity index (χ1v) is 5.00. The molecule has 1 heterocycles. The first kappa shape index (κ1) is 9.25. The van der Waals surface area contributed by atoms with Crippen LogP contribution in [0.5, 0.6) is 5.75 Å². The van der Waals surface area contributed by atoms with Gasteiger partial charge in [-0.05, 0) is 24.5 Å². The third-order valence-corrected chi connectivity index (χ3v) is 2.54. The van der Waals surface area contributed by atoms with Gasteiger partial charge in [-0.1, -0.05) is 18.2 Å². The van der Waals surface area contributed by atoms with Crippen molar-refractivity contribution in [1.29, 1.82) is 0 Å². The van der Waals surface area contributed by atoms with E-state index >= 15 is 0 Å². The highest BCUT2D eigenvalue weighted by molar-refractivity contribution is 5.75. The number of benzene rings is 1. The zero-order chi connectivity index (χ0) is 9.97. The van der Waals surface area contributed by atoms with Crippen molar-refractivity contribution < 1.29 is 9.53 Å². The number of Topliss-reactive ketones (excluding diaryl/α,β-unsaturated/α-hetero) is 1. The molecular formula is C12H14O2. The number of rotatable bonds is 3. The number of ketones is 1. The summed E-state index contributed by atoms with van der Waals surface area (Å²) in [5.74, 6) is 1.26. The molecule has 74 valence electrons. The Kier molecular flexibility index (Phi) is 2.53. The van der Waals surface area contributed by atoms with Crippen LogP contribution in [0, 0.1) is 0 Å². The lowest BCUT2D eigenvalue weighted by Gasteiger charge is -2.06. The summed E-state index contributed by atoms with van der Waals surface area (Å²) in [4.78, 5) is 10.9. The van der Waals surface area contributed by atoms with Crippen molar-refractivity contribution in [2.45, 2.75) is 26.2 Å². The van der Waals surface area contributed by atoms with Gasteiger partial charge in [0.1, 0.15) is 11.5 Å². The fraction of sp³-hybridized carbons (Fsp3) is 0.417. The highest BCUT2D eigenvalue weighted by Crippen LogP contribution is 2.30. The average molecular weight is 190 g/mol. The summed E-state index contributed by atoms with van der Waals surface area (Å²) in [6.07, 6.45) is 2.42. The van der Waals surface area contributed by atoms with Crippen molar-refractivity contribution in [3.8, 4) is 5.75 Å². The number of fused-ring (bicyclic) bond motifs is 1. The Morgan fingerprint density at radius 1 is 1.50 bits per heavy atom. The molecule has 1 aliphatic rings. The predicted molar refractivity (Wildman–Crippen MR) is 54.6 cm³/mol. The van der Waals surface area contributed by atoms with Gasteiger partial charge in [0.2, 0.25) is 0 Å². The molecule has 1 aromatic rings. The average Bonchev–Trinajstić information content (AvgIpc) is 2.62. The van der Waals surface area contributed by atoms with E-state index in [1.54, 1.807) is 6.92 Å². The van der Waals surface area contributed by atoms with E-state index in [1.165, 1.54) is 11.1 Å². The molecule has 0 bridgehead atoms. The Morgan fingerprint density at radius 3 is 3.14 bits per heavy atom. The summed E-state index contributed by atoms with van der Waals surface area (Å²) >= 11 is 0. The van der Waals surface area contributed by atoms with E-state index in [1.807, 2.05) is 12.1 Å². The van der Waals surface area contributed by atoms with Gasteiger partial charge in [-0.2, -0.15) is 0 Å². The van der Waals surface area contributed by atoms with Crippen LogP contribution in [-0.2, 0) is 17.6 Å². The fourth-order valence-corrected chi connectivity index (χ4v) is 1.79. The molecule has 0 aromatic heterocycles. The first-order chi connectivity index (χ1) is 6.77. The van der Waals surface area contributed by atoms with Crippen molar-refractivity contribution in [3.05, 3.63) is 29.3 Å². The molecule has 1 aromatic carbocycles. The molecule has 0 saturated carbocycles. The van der Waals surface area contributed by atoms with E-state index in [2.05, 4.69) is 6.07 Å². The lowest BCUT2D eigenvalue weighted by atomic mass is 10.0. The molecular weight excluding hydrogens is 176 g/mol. The maximum Gasteiger partial charge on any atom is 0.130 e. The minimum atomic E-state index is 0.237. The van der Waals surface area contributed by atoms with Crippen LogP contribution in [0.1, 0.15) is 24.5 Å². The van der Waals surface area contributed by atoms with Crippen LogP contribution in [0.15, 0.2) is 18.2 Å². The number of carbonyl (C=O) groups is 1. The molecule has 14 heavy (non-hydrogen) atoms. The van der Waals surface area contributed by atoms with E-state index in [0.717, 1.165) is 25.2 Å². The maximum atomic E-state index is 10.9. The zero-order valence-electron chi connectivity index (χ0n) is 8.38. The van der Waals surface area contributed by atoms with E-state index in [-0.39, 0.29) is 5.78 Å². The summed E-state index contributed by atoms with van der Waals surface area (Å²) in [6.45, 7) is 2.41. The smallest absolute Gasteiger partial charge is 0.130 e. The Bertz CT molecular complexity index is 355. The van der Waals surface area contributed by atoms with Crippen molar-refractivity contribution in [2.75, 3.05) is 6.61 Å². The summed E-state index contributed by atoms with van der Waals surface area (Å²) in [5, 5.41) is 0. The Balaban J connectivity index is 2.17. The SMILES string of the molecule is CC(=O)CCc1cccc2c1OCC2. The Labute approximate surface area is 83.9 Å². The molecule has 0 spiro atoms. The van der Waals surface area contributed by atoms with Crippen LogP contribution < -0.4 is 4.74 Å². The Morgan fingerprint density at radius 2 is 2.36 bits per heavy atom. The van der Waals surface area contributed by atoms with Gasteiger partial charge >= 0.3 is 0 Å². The lowest BCUT2D eigenvalue weighted by molar-refractivity contribution is -0.116. The van der Waals surface area contributed by atoms with Gasteiger partial charge in [0.05, 0.1) is 6.61 Å². The van der Waals surface area contributed by atoms with E-state index in [4.69, 9.17) is 4.74 Å². The third-order valence-electron chi connectivity index (χ3n) is 2.54. The molecule has 0 fully saturated rings. The first-order valence-electron chi connectivity index (χ1n) is 5.00. The van der Waals surface area contributed by atoms with E-state index in [9.17, 15) is 4.79 Å². The summed E-state index contributed by atoms with van der Waals surface area (Å²) in [7, 11) is 0. The molecule has 1 aliphatic heterocycles. The van der Waals surface area contributed by atoms with Crippen molar-refractivity contribution in [1.82, 2.24) is 0 Å². The molecule has 2 rings (SSSR count). The van der Waals surface area contributed by atoms with Crippen LogP contribution in [0.3, 0.4) is 0 Å². The quantitative estimate of drug-likeness (QED) is 0.730. The topological polar surface area (TPSA) is 26.3 Å². The molecule has 0 radical (unpaired) electrons. The summed E-state index contributed by atoms with van der Waals surface area (Å²) in [5.41, 5.74) is 2.46. The second kappa shape index (κ2) is 3.82. The van der Waals surface area contributed by atoms with Gasteiger partial charge in [0, 0.05) is 12.8 Å². The third kappa shape index (κ3) is 1.79. The normalized spacial score (nSPS) is 13.5. The summed E-state index contributed by atoms with van der Waals surface area (Å²) in [6, 6.07) is 6.19. The highest BCUT2D eigenvalue weighted by atomic mass is 16.5. The molecule has 0 atom stereocenters. The van der Waals surface area contributed by atoms with Gasteiger partial charge in [0.25, 0.3) is 0 Å². The predicted octanol–water partition coefficient (Wildman–Crippen LogP) is 2.14.